The molecule has 0 aliphatic heterocycles. The van der Waals surface area contributed by atoms with Crippen LogP contribution in [0.1, 0.15) is 12.5 Å². The van der Waals surface area contributed by atoms with E-state index in [9.17, 15) is 4.79 Å². The Hall–Kier alpha value is -1.14. The number of hydrogen-bond acceptors (Lipinski definition) is 3. The van der Waals surface area contributed by atoms with Gasteiger partial charge in [0.05, 0.1) is 6.54 Å². The van der Waals surface area contributed by atoms with E-state index in [1.807, 2.05) is 25.1 Å². The van der Waals surface area contributed by atoms with Gasteiger partial charge in [0, 0.05) is 29.3 Å². The fourth-order valence-electron chi connectivity index (χ4n) is 1.36. The molecule has 0 saturated carbocycles. The van der Waals surface area contributed by atoms with Crippen LogP contribution in [0.4, 0.5) is 5.69 Å². The van der Waals surface area contributed by atoms with Crippen molar-refractivity contribution in [3.63, 3.8) is 0 Å². The molecule has 0 fully saturated rings. The topological polar surface area (TPSA) is 58.4 Å². The number of benzene rings is 1. The summed E-state index contributed by atoms with van der Waals surface area (Å²) in [5.74, 6) is 0.0198. The molecule has 3 N–H and O–H groups in total. The van der Waals surface area contributed by atoms with Crippen LogP contribution in [0, 0.1) is 0 Å². The standard InChI is InChI=1S/C12H16BrN3OS/c1-3-16(2)11(17)7-15-10-6-8(13)4-5-9(10)12(14)18/h4-6,15H,3,7H2,1-2H3,(H2,14,18). The number of nitrogens with one attached hydrogen (secondary N) is 1. The lowest BCUT2D eigenvalue weighted by Crippen LogP contribution is -2.32. The predicted molar refractivity (Wildman–Crippen MR) is 81.8 cm³/mol. The zero-order chi connectivity index (χ0) is 13.7. The summed E-state index contributed by atoms with van der Waals surface area (Å²) in [7, 11) is 1.76. The first-order valence-corrected chi connectivity index (χ1v) is 6.73. The molecule has 0 radical (unpaired) electrons. The summed E-state index contributed by atoms with van der Waals surface area (Å²) in [6.07, 6.45) is 0. The summed E-state index contributed by atoms with van der Waals surface area (Å²) in [5.41, 5.74) is 7.13. The van der Waals surface area contributed by atoms with E-state index in [1.54, 1.807) is 11.9 Å². The van der Waals surface area contributed by atoms with Crippen LogP contribution in [0.3, 0.4) is 0 Å². The minimum atomic E-state index is 0.0198. The lowest BCUT2D eigenvalue weighted by atomic mass is 10.2. The molecule has 0 aliphatic carbocycles. The molecule has 0 aliphatic rings. The monoisotopic (exact) mass is 329 g/mol. The average Bonchev–Trinajstić information content (AvgIpc) is 2.34. The van der Waals surface area contributed by atoms with Crippen LogP contribution in [0.15, 0.2) is 22.7 Å². The van der Waals surface area contributed by atoms with Crippen molar-refractivity contribution >= 4 is 44.7 Å². The minimum absolute atomic E-state index is 0.0198. The largest absolute Gasteiger partial charge is 0.389 e. The third-order valence-electron chi connectivity index (χ3n) is 2.58. The van der Waals surface area contributed by atoms with Crippen LogP contribution in [-0.2, 0) is 4.79 Å². The molecule has 6 heteroatoms. The molecule has 0 heterocycles. The Morgan fingerprint density at radius 3 is 2.78 bits per heavy atom. The molecule has 0 atom stereocenters. The zero-order valence-electron chi connectivity index (χ0n) is 10.4. The number of carbonyl (C=O) groups is 1. The third-order valence-corrected chi connectivity index (χ3v) is 3.29. The molecule has 0 bridgehead atoms. The Labute approximate surface area is 121 Å². The first-order chi connectivity index (χ1) is 8.45. The van der Waals surface area contributed by atoms with Gasteiger partial charge in [-0.15, -0.1) is 0 Å². The lowest BCUT2D eigenvalue weighted by molar-refractivity contribution is -0.127. The molecule has 18 heavy (non-hydrogen) atoms. The minimum Gasteiger partial charge on any atom is -0.389 e. The van der Waals surface area contributed by atoms with Gasteiger partial charge < -0.3 is 16.0 Å². The van der Waals surface area contributed by atoms with E-state index in [1.165, 1.54) is 0 Å². The second-order valence-electron chi connectivity index (χ2n) is 3.82. The second-order valence-corrected chi connectivity index (χ2v) is 5.17. The summed E-state index contributed by atoms with van der Waals surface area (Å²) >= 11 is 8.35. The van der Waals surface area contributed by atoms with Crippen LogP contribution >= 0.6 is 28.1 Å². The molecular weight excluding hydrogens is 314 g/mol. The van der Waals surface area contributed by atoms with E-state index < -0.39 is 0 Å². The van der Waals surface area contributed by atoms with E-state index in [0.29, 0.717) is 11.5 Å². The molecular formula is C12H16BrN3OS. The maximum Gasteiger partial charge on any atom is 0.241 e. The van der Waals surface area contributed by atoms with Crippen LogP contribution in [0.2, 0.25) is 0 Å². The summed E-state index contributed by atoms with van der Waals surface area (Å²) < 4.78 is 0.904. The number of hydrogen-bond donors (Lipinski definition) is 2. The summed E-state index contributed by atoms with van der Waals surface area (Å²) in [6.45, 7) is 2.83. The highest BCUT2D eigenvalue weighted by molar-refractivity contribution is 9.10. The first-order valence-electron chi connectivity index (χ1n) is 5.53. The average molecular weight is 330 g/mol. The van der Waals surface area contributed by atoms with Crippen molar-refractivity contribution in [2.24, 2.45) is 5.73 Å². The van der Waals surface area contributed by atoms with Gasteiger partial charge in [0.2, 0.25) is 5.91 Å². The molecule has 1 aromatic carbocycles. The van der Waals surface area contributed by atoms with Crippen LogP contribution in [0.25, 0.3) is 0 Å². The third kappa shape index (κ3) is 3.96. The van der Waals surface area contributed by atoms with Crippen molar-refractivity contribution in [2.45, 2.75) is 6.92 Å². The molecule has 1 amide bonds. The van der Waals surface area contributed by atoms with Gasteiger partial charge in [0.25, 0.3) is 0 Å². The number of halogens is 1. The molecule has 0 aromatic heterocycles. The molecule has 0 saturated heterocycles. The Morgan fingerprint density at radius 2 is 2.22 bits per heavy atom. The quantitative estimate of drug-likeness (QED) is 0.811. The summed E-state index contributed by atoms with van der Waals surface area (Å²) in [4.78, 5) is 13.7. The number of carbonyl (C=O) groups excluding carboxylic acids is 1. The van der Waals surface area contributed by atoms with Gasteiger partial charge in [-0.05, 0) is 25.1 Å². The van der Waals surface area contributed by atoms with E-state index in [4.69, 9.17) is 18.0 Å². The number of rotatable bonds is 5. The van der Waals surface area contributed by atoms with Gasteiger partial charge in [-0.3, -0.25) is 4.79 Å². The molecule has 1 rings (SSSR count). The van der Waals surface area contributed by atoms with Crippen LogP contribution in [-0.4, -0.2) is 35.9 Å². The molecule has 0 spiro atoms. The van der Waals surface area contributed by atoms with Gasteiger partial charge >= 0.3 is 0 Å². The Balaban J connectivity index is 2.81. The number of anilines is 1. The Morgan fingerprint density at radius 1 is 1.56 bits per heavy atom. The fourth-order valence-corrected chi connectivity index (χ4v) is 1.90. The Kier molecular flexibility index (Phi) is 5.55. The normalized spacial score (nSPS) is 9.94. The maximum absolute atomic E-state index is 11.7. The molecule has 98 valence electrons. The van der Waals surface area contributed by atoms with Crippen molar-refractivity contribution < 1.29 is 4.79 Å². The van der Waals surface area contributed by atoms with Crippen molar-refractivity contribution in [1.29, 1.82) is 0 Å². The van der Waals surface area contributed by atoms with Gasteiger partial charge in [0.15, 0.2) is 0 Å². The first kappa shape index (κ1) is 14.9. The predicted octanol–water partition coefficient (Wildman–Crippen LogP) is 1.97. The van der Waals surface area contributed by atoms with Crippen LogP contribution < -0.4 is 11.1 Å². The SMILES string of the molecule is CCN(C)C(=O)CNc1cc(Br)ccc1C(N)=S. The number of nitrogens with zero attached hydrogens (tertiary/aromatic N) is 1. The van der Waals surface area contributed by atoms with Crippen molar-refractivity contribution in [2.75, 3.05) is 25.5 Å². The summed E-state index contributed by atoms with van der Waals surface area (Å²) in [5, 5.41) is 3.06. The van der Waals surface area contributed by atoms with Crippen molar-refractivity contribution in [3.05, 3.63) is 28.2 Å². The number of nitrogens with two attached hydrogens (primary N) is 1. The lowest BCUT2D eigenvalue weighted by Gasteiger charge is -2.16. The molecule has 0 unspecified atom stereocenters. The van der Waals surface area contributed by atoms with Gasteiger partial charge in [-0.2, -0.15) is 0 Å². The van der Waals surface area contributed by atoms with E-state index in [2.05, 4.69) is 21.2 Å². The molecule has 4 nitrogen and oxygen atoms in total. The van der Waals surface area contributed by atoms with Gasteiger partial charge in [-0.1, -0.05) is 28.1 Å². The number of likely N-dealkylation sites (N-methyl/N-ethyl adjacent to an activating group) is 1. The van der Waals surface area contributed by atoms with E-state index in [-0.39, 0.29) is 12.5 Å². The number of thiocarbonyl (C=S) groups is 1. The highest BCUT2D eigenvalue weighted by atomic mass is 79.9. The van der Waals surface area contributed by atoms with E-state index >= 15 is 0 Å². The van der Waals surface area contributed by atoms with Gasteiger partial charge in [-0.25, -0.2) is 0 Å². The maximum atomic E-state index is 11.7. The second kappa shape index (κ2) is 6.70. The number of amides is 1. The smallest absolute Gasteiger partial charge is 0.241 e. The zero-order valence-corrected chi connectivity index (χ0v) is 12.8. The van der Waals surface area contributed by atoms with Crippen LogP contribution in [0.5, 0.6) is 0 Å². The van der Waals surface area contributed by atoms with E-state index in [0.717, 1.165) is 15.7 Å². The molecule has 1 aromatic rings. The van der Waals surface area contributed by atoms with Gasteiger partial charge in [0.1, 0.15) is 4.99 Å². The summed E-state index contributed by atoms with van der Waals surface area (Å²) in [6, 6.07) is 5.54. The van der Waals surface area contributed by atoms with Crippen molar-refractivity contribution in [3.8, 4) is 0 Å². The Bertz CT molecular complexity index is 465. The fraction of sp³-hybridized carbons (Fsp3) is 0.333. The van der Waals surface area contributed by atoms with Crippen molar-refractivity contribution in [1.82, 2.24) is 4.90 Å². The highest BCUT2D eigenvalue weighted by Gasteiger charge is 2.09. The highest BCUT2D eigenvalue weighted by Crippen LogP contribution is 2.21.